The Balaban J connectivity index is 0.959. The quantitative estimate of drug-likeness (QED) is 0.174. The summed E-state index contributed by atoms with van der Waals surface area (Å²) >= 11 is 0. The molecule has 10 aromatic carbocycles. The Morgan fingerprint density at radius 2 is 0.652 bits per heavy atom. The normalized spacial score (nSPS) is 14.0. The highest BCUT2D eigenvalue weighted by Crippen LogP contribution is 2.60. The second-order valence-electron chi connectivity index (χ2n) is 18.4. The zero-order valence-electron chi connectivity index (χ0n) is 36.8. The Hall–Kier alpha value is -9.26. The topological polar surface area (TPSA) is 46.8 Å². The van der Waals surface area contributed by atoms with Gasteiger partial charge in [0, 0.05) is 45.1 Å². The molecule has 0 saturated heterocycles. The first-order chi connectivity index (χ1) is 34.2. The summed E-state index contributed by atoms with van der Waals surface area (Å²) in [6, 6.07) is 73.6. The molecule has 2 aliphatic carbocycles. The Bertz CT molecular complexity index is 4010. The Kier molecular flexibility index (Phi) is 7.18. The van der Waals surface area contributed by atoms with E-state index in [1.54, 1.807) is 0 Å². The molecule has 0 amide bonds. The van der Waals surface area contributed by atoms with E-state index in [-0.39, 0.29) is 0 Å². The number of benzene rings is 10. The van der Waals surface area contributed by atoms with Crippen LogP contribution in [0.4, 0.5) is 0 Å². The van der Waals surface area contributed by atoms with Crippen molar-refractivity contribution in [2.45, 2.75) is 5.41 Å². The number of rotatable bonds is 2. The fraction of sp³-hybridized carbons (Fsp3) is 0.0159. The second-order valence-corrected chi connectivity index (χ2v) is 18.4. The van der Waals surface area contributed by atoms with Crippen LogP contribution in [0.2, 0.25) is 0 Å². The van der Waals surface area contributed by atoms with Crippen molar-refractivity contribution in [2.24, 2.45) is 0 Å². The molecule has 0 bridgehead atoms. The molecule has 12 aromatic rings. The molecule has 1 spiro atoms. The molecule has 322 valence electrons. The molecule has 2 aliphatic heterocycles. The summed E-state index contributed by atoms with van der Waals surface area (Å²) in [4.78, 5) is 0. The van der Waals surface area contributed by atoms with Crippen molar-refractivity contribution in [1.82, 2.24) is 9.13 Å². The van der Waals surface area contributed by atoms with Gasteiger partial charge in [0.25, 0.3) is 0 Å². The first kappa shape index (κ1) is 36.9. The van der Waals surface area contributed by atoms with E-state index >= 15 is 0 Å². The third-order valence-electron chi connectivity index (χ3n) is 14.8. The number of aromatic nitrogens is 2. The molecule has 0 radical (unpaired) electrons. The van der Waals surface area contributed by atoms with Crippen LogP contribution >= 0.6 is 0 Å². The molecule has 6 heteroatoms. The van der Waals surface area contributed by atoms with Crippen LogP contribution in [0.5, 0.6) is 46.0 Å². The van der Waals surface area contributed by atoms with Crippen LogP contribution in [0, 0.1) is 0 Å². The molecule has 0 N–H and O–H groups in total. The van der Waals surface area contributed by atoms with Gasteiger partial charge in [0.05, 0.1) is 27.5 Å². The molecule has 6 nitrogen and oxygen atoms in total. The highest BCUT2D eigenvalue weighted by Gasteiger charge is 2.49. The van der Waals surface area contributed by atoms with Gasteiger partial charge in [-0.05, 0) is 117 Å². The third-order valence-corrected chi connectivity index (χ3v) is 14.8. The lowest BCUT2D eigenvalue weighted by molar-refractivity contribution is 0.360. The van der Waals surface area contributed by atoms with Gasteiger partial charge in [-0.2, -0.15) is 0 Å². The lowest BCUT2D eigenvalue weighted by atomic mass is 9.66. The average Bonchev–Trinajstić information content (AvgIpc) is 3.97. The number of nitrogens with zero attached hydrogens (tertiary/aromatic N) is 2. The van der Waals surface area contributed by atoms with Gasteiger partial charge in [-0.3, -0.25) is 0 Å². The van der Waals surface area contributed by atoms with E-state index in [1.807, 2.05) is 48.5 Å². The predicted molar refractivity (Wildman–Crippen MR) is 275 cm³/mol. The van der Waals surface area contributed by atoms with E-state index in [1.165, 1.54) is 33.4 Å². The number of hydrogen-bond donors (Lipinski definition) is 0. The zero-order valence-corrected chi connectivity index (χ0v) is 36.8. The Labute approximate surface area is 395 Å². The van der Waals surface area contributed by atoms with E-state index in [4.69, 9.17) is 18.9 Å². The van der Waals surface area contributed by atoms with Crippen molar-refractivity contribution < 1.29 is 18.9 Å². The molecule has 0 atom stereocenters. The molecule has 2 aromatic heterocycles. The minimum atomic E-state index is -0.704. The molecule has 4 heterocycles. The van der Waals surface area contributed by atoms with Gasteiger partial charge in [-0.1, -0.05) is 133 Å². The Morgan fingerprint density at radius 3 is 1.10 bits per heavy atom. The van der Waals surface area contributed by atoms with Crippen LogP contribution in [0.1, 0.15) is 33.4 Å². The minimum absolute atomic E-state index is 0.689. The van der Waals surface area contributed by atoms with Crippen molar-refractivity contribution in [2.75, 3.05) is 0 Å². The summed E-state index contributed by atoms with van der Waals surface area (Å²) in [7, 11) is 0. The van der Waals surface area contributed by atoms with E-state index in [2.05, 4.69) is 179 Å². The SMILES string of the molecule is C1=Cc2ccc(-n3c4ccccc4c4cc5c(cc43)Oc3ccccc3O5)cc2C2(c3cc(-n4c5ccccc5c5cc6c(cc54)Oc4ccccc4O6)ccc31)c1ccccc1-c1ccccc12. The first-order valence-electron chi connectivity index (χ1n) is 23.4. The van der Waals surface area contributed by atoms with Crippen LogP contribution in [-0.4, -0.2) is 9.13 Å². The molecule has 69 heavy (non-hydrogen) atoms. The number of ether oxygens (including phenoxy) is 4. The highest BCUT2D eigenvalue weighted by atomic mass is 16.6. The van der Waals surface area contributed by atoms with E-state index in [0.29, 0.717) is 46.0 Å². The molecule has 0 fully saturated rings. The van der Waals surface area contributed by atoms with Gasteiger partial charge in [-0.25, -0.2) is 0 Å². The standard InChI is InChI=1S/C63H36N2O4/c1-5-17-47-41(13-1)42-14-2-6-18-48(42)63(47)49-31-39(64-51-19-7-3-15-43(51)45-33-59-61(35-53(45)64)68-57-23-11-9-21-55(57)66-59)29-27-37(49)25-26-38-28-30-40(32-50(38)63)65-52-20-8-4-16-44(52)46-34-60-62(36-54(46)65)69-58-24-12-10-22-56(58)67-60/h1-36H. The summed E-state index contributed by atoms with van der Waals surface area (Å²) in [5.41, 5.74) is 15.4. The van der Waals surface area contributed by atoms with E-state index in [0.717, 1.165) is 66.1 Å². The van der Waals surface area contributed by atoms with Gasteiger partial charge in [0.2, 0.25) is 0 Å². The lowest BCUT2D eigenvalue weighted by Crippen LogP contribution is -2.30. The number of hydrogen-bond acceptors (Lipinski definition) is 4. The Morgan fingerprint density at radius 1 is 0.275 bits per heavy atom. The van der Waals surface area contributed by atoms with Crippen molar-refractivity contribution in [3.05, 3.63) is 240 Å². The maximum atomic E-state index is 6.55. The zero-order chi connectivity index (χ0) is 45.0. The summed E-state index contributed by atoms with van der Waals surface area (Å²) in [6.07, 6.45) is 4.62. The fourth-order valence-electron chi connectivity index (χ4n) is 12.0. The molecule has 0 unspecified atom stereocenters. The molecular formula is C63H36N2O4. The molecule has 4 aliphatic rings. The minimum Gasteiger partial charge on any atom is -0.449 e. The third kappa shape index (κ3) is 4.94. The summed E-state index contributed by atoms with van der Waals surface area (Å²) in [5, 5.41) is 4.47. The molecule has 0 saturated carbocycles. The summed E-state index contributed by atoms with van der Waals surface area (Å²) in [5.74, 6) is 5.62. The van der Waals surface area contributed by atoms with Gasteiger partial charge < -0.3 is 28.1 Å². The van der Waals surface area contributed by atoms with Crippen LogP contribution in [0.25, 0.3) is 78.3 Å². The fourth-order valence-corrected chi connectivity index (χ4v) is 12.0. The maximum Gasteiger partial charge on any atom is 0.172 e. The molecule has 16 rings (SSSR count). The van der Waals surface area contributed by atoms with Crippen molar-refractivity contribution >= 4 is 55.8 Å². The van der Waals surface area contributed by atoms with Crippen LogP contribution in [-0.2, 0) is 5.41 Å². The average molecular weight is 885 g/mol. The van der Waals surface area contributed by atoms with Gasteiger partial charge >= 0.3 is 0 Å². The van der Waals surface area contributed by atoms with Crippen molar-refractivity contribution in [1.29, 1.82) is 0 Å². The maximum absolute atomic E-state index is 6.55. The van der Waals surface area contributed by atoms with Gasteiger partial charge in [-0.15, -0.1) is 0 Å². The molecular weight excluding hydrogens is 849 g/mol. The second kappa shape index (κ2) is 13.4. The van der Waals surface area contributed by atoms with E-state index < -0.39 is 5.41 Å². The van der Waals surface area contributed by atoms with Crippen molar-refractivity contribution in [3.8, 4) is 68.5 Å². The first-order valence-corrected chi connectivity index (χ1v) is 23.4. The van der Waals surface area contributed by atoms with Crippen LogP contribution < -0.4 is 18.9 Å². The number of fused-ring (bicyclic) bond motifs is 19. The number of para-hydroxylation sites is 6. The summed E-state index contributed by atoms with van der Waals surface area (Å²) < 4.78 is 30.8. The highest BCUT2D eigenvalue weighted by molar-refractivity contribution is 6.12. The van der Waals surface area contributed by atoms with Crippen LogP contribution in [0.3, 0.4) is 0 Å². The smallest absolute Gasteiger partial charge is 0.172 e. The van der Waals surface area contributed by atoms with E-state index in [9.17, 15) is 0 Å². The van der Waals surface area contributed by atoms with Gasteiger partial charge in [0.1, 0.15) is 0 Å². The van der Waals surface area contributed by atoms with Crippen LogP contribution in [0.15, 0.2) is 206 Å². The predicted octanol–water partition coefficient (Wildman–Crippen LogP) is 16.5. The lowest BCUT2D eigenvalue weighted by Gasteiger charge is -2.36. The monoisotopic (exact) mass is 884 g/mol. The van der Waals surface area contributed by atoms with Crippen molar-refractivity contribution in [3.63, 3.8) is 0 Å². The summed E-state index contributed by atoms with van der Waals surface area (Å²) in [6.45, 7) is 0. The largest absolute Gasteiger partial charge is 0.449 e. The van der Waals surface area contributed by atoms with Gasteiger partial charge in [0.15, 0.2) is 46.0 Å².